The van der Waals surface area contributed by atoms with Crippen LogP contribution in [0.15, 0.2) is 24.3 Å². The molecule has 212 valence electrons. The van der Waals surface area contributed by atoms with Gasteiger partial charge in [-0.05, 0) is 77.5 Å². The number of unbranched alkanes of at least 4 members (excludes halogenated alkanes) is 2. The lowest BCUT2D eigenvalue weighted by Gasteiger charge is -2.45. The van der Waals surface area contributed by atoms with Crippen LogP contribution in [0.1, 0.15) is 97.7 Å². The molecule has 8 heteroatoms. The molecule has 0 fully saturated rings. The van der Waals surface area contributed by atoms with Crippen LogP contribution in [0, 0.1) is 12.3 Å². The maximum absolute atomic E-state index is 14.4. The van der Waals surface area contributed by atoms with E-state index in [1.807, 2.05) is 39.2 Å². The normalized spacial score (nSPS) is 13.1. The predicted molar refractivity (Wildman–Crippen MR) is 157 cm³/mol. The van der Waals surface area contributed by atoms with Crippen LogP contribution in [0.2, 0.25) is 0 Å². The molecule has 0 radical (unpaired) electrons. The minimum Gasteiger partial charge on any atom is -0.444 e. The highest BCUT2D eigenvalue weighted by atomic mass is 32.2. The van der Waals surface area contributed by atoms with Crippen molar-refractivity contribution < 1.29 is 19.1 Å². The van der Waals surface area contributed by atoms with E-state index in [9.17, 15) is 14.4 Å². The van der Waals surface area contributed by atoms with Gasteiger partial charge >= 0.3 is 6.09 Å². The fourth-order valence-corrected chi connectivity index (χ4v) is 4.48. The molecule has 2 N–H and O–H groups in total. The number of amides is 3. The average molecular weight is 546 g/mol. The number of benzene rings is 1. The van der Waals surface area contributed by atoms with Gasteiger partial charge in [-0.3, -0.25) is 9.59 Å². The minimum atomic E-state index is -0.969. The predicted octanol–water partition coefficient (Wildman–Crippen LogP) is 5.68. The summed E-state index contributed by atoms with van der Waals surface area (Å²) in [6.45, 7) is 13.8. The van der Waals surface area contributed by atoms with Gasteiger partial charge in [0.15, 0.2) is 0 Å². The molecular formula is C30H47N3O4S. The zero-order chi connectivity index (χ0) is 28.9. The summed E-state index contributed by atoms with van der Waals surface area (Å²) in [7, 11) is 0. The van der Waals surface area contributed by atoms with E-state index in [2.05, 4.69) is 23.5 Å². The Hall–Kier alpha value is -2.66. The monoisotopic (exact) mass is 545 g/mol. The smallest absolute Gasteiger partial charge is 0.408 e. The van der Waals surface area contributed by atoms with Crippen LogP contribution in [-0.2, 0) is 14.3 Å². The molecule has 0 heterocycles. The van der Waals surface area contributed by atoms with Crippen molar-refractivity contribution in [3.8, 4) is 12.3 Å². The molecule has 1 aromatic carbocycles. The Balaban J connectivity index is 3.63. The first kappa shape index (κ1) is 33.4. The first-order valence-electron chi connectivity index (χ1n) is 13.5. The lowest BCUT2D eigenvalue weighted by molar-refractivity contribution is -0.149. The van der Waals surface area contributed by atoms with Gasteiger partial charge in [0.25, 0.3) is 0 Å². The zero-order valence-corrected chi connectivity index (χ0v) is 25.3. The number of hydrogen-bond donors (Lipinski definition) is 2. The fourth-order valence-electron chi connectivity index (χ4n) is 4.00. The summed E-state index contributed by atoms with van der Waals surface area (Å²) in [6, 6.07) is 5.37. The lowest BCUT2D eigenvalue weighted by atomic mass is 9.90. The van der Waals surface area contributed by atoms with E-state index in [0.29, 0.717) is 36.3 Å². The van der Waals surface area contributed by atoms with Crippen LogP contribution in [0.25, 0.3) is 0 Å². The Morgan fingerprint density at radius 1 is 1.11 bits per heavy atom. The van der Waals surface area contributed by atoms with Crippen molar-refractivity contribution in [3.63, 3.8) is 0 Å². The molecule has 0 saturated heterocycles. The van der Waals surface area contributed by atoms with E-state index < -0.39 is 29.3 Å². The number of carbonyl (C=O) groups is 3. The Kier molecular flexibility index (Phi) is 13.8. The molecule has 0 spiro atoms. The molecule has 0 aliphatic rings. The fraction of sp³-hybridized carbons (Fsp3) is 0.633. The molecule has 2 atom stereocenters. The number of nitrogens with one attached hydrogen (secondary N) is 2. The molecule has 38 heavy (non-hydrogen) atoms. The van der Waals surface area contributed by atoms with Gasteiger partial charge in [-0.2, -0.15) is 11.8 Å². The number of terminal acetylenes is 1. The number of nitrogens with zero attached hydrogens (tertiary/aromatic N) is 1. The summed E-state index contributed by atoms with van der Waals surface area (Å²) < 4.78 is 5.46. The number of hydrogen-bond acceptors (Lipinski definition) is 5. The SMILES string of the molecule is C#Cc1ccccc1C(C(=O)NCCCCC)N(C(=O)C(CCSC)NC(=O)OC(C)(C)C)C(C)(C)CC. The summed E-state index contributed by atoms with van der Waals surface area (Å²) in [5.41, 5.74) is -0.311. The molecule has 7 nitrogen and oxygen atoms in total. The zero-order valence-electron chi connectivity index (χ0n) is 24.5. The third-order valence-corrected chi connectivity index (χ3v) is 7.00. The van der Waals surface area contributed by atoms with Gasteiger partial charge in [0.2, 0.25) is 11.8 Å². The molecule has 0 aliphatic carbocycles. The number of thioether (sulfide) groups is 1. The van der Waals surface area contributed by atoms with Crippen molar-refractivity contribution >= 4 is 29.7 Å². The van der Waals surface area contributed by atoms with Gasteiger partial charge in [0.05, 0.1) is 0 Å². The summed E-state index contributed by atoms with van der Waals surface area (Å²) >= 11 is 1.58. The molecular weight excluding hydrogens is 498 g/mol. The van der Waals surface area contributed by atoms with Gasteiger partial charge in [-0.25, -0.2) is 4.79 Å². The third kappa shape index (κ3) is 10.2. The summed E-state index contributed by atoms with van der Waals surface area (Å²) in [5.74, 6) is 2.68. The Bertz CT molecular complexity index is 965. The second kappa shape index (κ2) is 15.7. The number of carbonyl (C=O) groups excluding carboxylic acids is 3. The first-order valence-corrected chi connectivity index (χ1v) is 14.9. The summed E-state index contributed by atoms with van der Waals surface area (Å²) in [4.78, 5) is 42.6. The highest BCUT2D eigenvalue weighted by molar-refractivity contribution is 7.98. The first-order chi connectivity index (χ1) is 17.8. The summed E-state index contributed by atoms with van der Waals surface area (Å²) in [5, 5.41) is 5.82. The van der Waals surface area contributed by atoms with Gasteiger partial charge in [-0.1, -0.05) is 50.8 Å². The largest absolute Gasteiger partial charge is 0.444 e. The molecule has 1 rings (SSSR count). The van der Waals surface area contributed by atoms with E-state index in [1.54, 1.807) is 49.6 Å². The van der Waals surface area contributed by atoms with E-state index in [-0.39, 0.29) is 11.8 Å². The van der Waals surface area contributed by atoms with Crippen molar-refractivity contribution in [2.45, 2.75) is 104 Å². The second-order valence-electron chi connectivity index (χ2n) is 11.0. The lowest BCUT2D eigenvalue weighted by Crippen LogP contribution is -2.59. The van der Waals surface area contributed by atoms with Crippen molar-refractivity contribution in [2.24, 2.45) is 0 Å². The van der Waals surface area contributed by atoms with Gasteiger partial charge < -0.3 is 20.3 Å². The van der Waals surface area contributed by atoms with Crippen molar-refractivity contribution in [1.82, 2.24) is 15.5 Å². The van der Waals surface area contributed by atoms with Gasteiger partial charge in [0, 0.05) is 17.6 Å². The number of rotatable bonds is 14. The Morgan fingerprint density at radius 2 is 1.76 bits per heavy atom. The van der Waals surface area contributed by atoms with E-state index in [0.717, 1.165) is 19.3 Å². The maximum atomic E-state index is 14.4. The average Bonchev–Trinajstić information content (AvgIpc) is 2.85. The number of ether oxygens (including phenoxy) is 1. The summed E-state index contributed by atoms with van der Waals surface area (Å²) in [6.07, 6.45) is 10.9. The maximum Gasteiger partial charge on any atom is 0.408 e. The molecule has 0 bridgehead atoms. The molecule has 0 saturated carbocycles. The van der Waals surface area contributed by atoms with Crippen molar-refractivity contribution in [1.29, 1.82) is 0 Å². The topological polar surface area (TPSA) is 87.7 Å². The quantitative estimate of drug-likeness (QED) is 0.232. The van der Waals surface area contributed by atoms with Crippen LogP contribution >= 0.6 is 11.8 Å². The van der Waals surface area contributed by atoms with Crippen LogP contribution < -0.4 is 10.6 Å². The highest BCUT2D eigenvalue weighted by Gasteiger charge is 2.43. The van der Waals surface area contributed by atoms with E-state index in [4.69, 9.17) is 11.2 Å². The van der Waals surface area contributed by atoms with E-state index >= 15 is 0 Å². The van der Waals surface area contributed by atoms with Crippen LogP contribution in [0.3, 0.4) is 0 Å². The highest BCUT2D eigenvalue weighted by Crippen LogP contribution is 2.34. The molecule has 2 unspecified atom stereocenters. The third-order valence-electron chi connectivity index (χ3n) is 6.35. The number of alkyl carbamates (subject to hydrolysis) is 1. The standard InChI is InChI=1S/C30H47N3O4S/c1-10-13-16-20-31-26(34)25(23-18-15-14-17-22(23)11-2)33(30(7,8)12-3)27(35)24(19-21-38-9)32-28(36)37-29(4,5)6/h2,14-15,17-18,24-25H,10,12-13,16,19-21H2,1,3-9H3,(H,31,34)(H,32,36). The van der Waals surface area contributed by atoms with Crippen LogP contribution in [0.5, 0.6) is 0 Å². The Morgan fingerprint density at radius 3 is 2.32 bits per heavy atom. The molecule has 1 aromatic rings. The second-order valence-corrected chi connectivity index (χ2v) is 12.0. The van der Waals surface area contributed by atoms with Crippen LogP contribution in [0.4, 0.5) is 4.79 Å². The van der Waals surface area contributed by atoms with Crippen molar-refractivity contribution in [3.05, 3.63) is 35.4 Å². The van der Waals surface area contributed by atoms with Gasteiger partial charge in [-0.15, -0.1) is 6.42 Å². The van der Waals surface area contributed by atoms with E-state index in [1.165, 1.54) is 0 Å². The molecule has 0 aromatic heterocycles. The minimum absolute atomic E-state index is 0.292. The molecule has 0 aliphatic heterocycles. The molecule has 3 amide bonds. The van der Waals surface area contributed by atoms with Crippen molar-refractivity contribution in [2.75, 3.05) is 18.6 Å². The van der Waals surface area contributed by atoms with Gasteiger partial charge in [0.1, 0.15) is 17.7 Å². The Labute approximate surface area is 234 Å². The van der Waals surface area contributed by atoms with Crippen LogP contribution in [-0.4, -0.2) is 58.5 Å².